The highest BCUT2D eigenvalue weighted by molar-refractivity contribution is 6.42. The number of rotatable bonds is 2. The summed E-state index contributed by atoms with van der Waals surface area (Å²) in [5.41, 5.74) is -1.62. The van der Waals surface area contributed by atoms with Gasteiger partial charge in [0, 0.05) is 6.08 Å². The second-order valence-electron chi connectivity index (χ2n) is 3.71. The lowest BCUT2D eigenvalue weighted by atomic mass is 10.3. The maximum Gasteiger partial charge on any atom is 0.491 e. The zero-order chi connectivity index (χ0) is 18.2. The van der Waals surface area contributed by atoms with Crippen molar-refractivity contribution >= 4 is 17.7 Å². The third-order valence-corrected chi connectivity index (χ3v) is 1.95. The highest BCUT2D eigenvalue weighted by atomic mass is 19.4. The van der Waals surface area contributed by atoms with Crippen LogP contribution < -0.4 is 0 Å². The van der Waals surface area contributed by atoms with Gasteiger partial charge in [0.2, 0.25) is 5.76 Å². The summed E-state index contributed by atoms with van der Waals surface area (Å²) in [7, 11) is 0. The monoisotopic (exact) mass is 359 g/mol. The van der Waals surface area contributed by atoms with Crippen LogP contribution in [-0.4, -0.2) is 42.4 Å². The molecule has 0 radical (unpaired) electrons. The summed E-state index contributed by atoms with van der Waals surface area (Å²) in [6, 6.07) is 0. The fourth-order valence-corrected chi connectivity index (χ4v) is 1.05. The van der Waals surface area contributed by atoms with E-state index in [0.29, 0.717) is 0 Å². The number of carbonyl (C=O) groups is 2. The molecule has 0 fully saturated rings. The smallest absolute Gasteiger partial charge is 0.425 e. The molecule has 0 aromatic heterocycles. The number of esters is 2. The Morgan fingerprint density at radius 2 is 1.57 bits per heavy atom. The van der Waals surface area contributed by atoms with Crippen LogP contribution in [0.3, 0.4) is 0 Å². The molecular formula is C9H2F9NO4. The quantitative estimate of drug-likeness (QED) is 0.432. The molecule has 14 heteroatoms. The molecule has 1 heterocycles. The van der Waals surface area contributed by atoms with Gasteiger partial charge in [-0.2, -0.15) is 39.5 Å². The van der Waals surface area contributed by atoms with Gasteiger partial charge in [0.15, 0.2) is 5.71 Å². The second kappa shape index (κ2) is 5.73. The highest BCUT2D eigenvalue weighted by Gasteiger charge is 2.49. The van der Waals surface area contributed by atoms with Gasteiger partial charge in [0.25, 0.3) is 6.23 Å². The average molecular weight is 359 g/mol. The Balaban J connectivity index is 3.16. The van der Waals surface area contributed by atoms with Gasteiger partial charge in [-0.05, 0) is 0 Å². The molecule has 5 nitrogen and oxygen atoms in total. The fraction of sp³-hybridized carbons (Fsp3) is 0.444. The van der Waals surface area contributed by atoms with Gasteiger partial charge in [-0.15, -0.1) is 0 Å². The number of allylic oxidation sites excluding steroid dienone is 1. The number of hydrogen-bond donors (Lipinski definition) is 0. The van der Waals surface area contributed by atoms with Crippen molar-refractivity contribution in [1.82, 2.24) is 0 Å². The number of cyclic esters (lactones) is 1. The Hall–Kier alpha value is -2.28. The van der Waals surface area contributed by atoms with Crippen LogP contribution in [0, 0.1) is 0 Å². The maximum absolute atomic E-state index is 12.4. The number of nitrogens with zero attached hydrogens (tertiary/aromatic N) is 1. The summed E-state index contributed by atoms with van der Waals surface area (Å²) in [6.45, 7) is 0. The Labute approximate surface area is 119 Å². The minimum absolute atomic E-state index is 0.599. The van der Waals surface area contributed by atoms with Crippen molar-refractivity contribution in [1.29, 1.82) is 0 Å². The van der Waals surface area contributed by atoms with E-state index in [0.717, 1.165) is 0 Å². The maximum atomic E-state index is 12.4. The van der Waals surface area contributed by atoms with Gasteiger partial charge in [0.1, 0.15) is 0 Å². The average Bonchev–Trinajstić information content (AvgIpc) is 2.67. The first-order chi connectivity index (χ1) is 10.1. The lowest BCUT2D eigenvalue weighted by Crippen LogP contribution is -2.29. The van der Waals surface area contributed by atoms with Crippen LogP contribution in [0.25, 0.3) is 0 Å². The molecule has 130 valence electrons. The van der Waals surface area contributed by atoms with E-state index in [1.54, 1.807) is 0 Å². The van der Waals surface area contributed by atoms with E-state index in [-0.39, 0.29) is 0 Å². The Morgan fingerprint density at radius 1 is 1.04 bits per heavy atom. The molecule has 0 saturated heterocycles. The summed E-state index contributed by atoms with van der Waals surface area (Å²) in [5.74, 6) is -7.96. The SMILES string of the molecule is O=C1O[C@@H](C(F)(F)F)N=C1/C=C(/OC(=O)C(F)(F)F)C(F)(F)F. The Bertz CT molecular complexity index is 569. The van der Waals surface area contributed by atoms with Gasteiger partial charge in [-0.25, -0.2) is 14.6 Å². The first-order valence-corrected chi connectivity index (χ1v) is 5.05. The molecule has 1 aliphatic heterocycles. The predicted octanol–water partition coefficient (Wildman–Crippen LogP) is 2.42. The molecule has 1 aliphatic rings. The van der Waals surface area contributed by atoms with E-state index < -0.39 is 54.2 Å². The van der Waals surface area contributed by atoms with Crippen LogP contribution in [-0.2, 0) is 19.1 Å². The molecular weight excluding hydrogens is 357 g/mol. The molecule has 0 N–H and O–H groups in total. The van der Waals surface area contributed by atoms with Gasteiger partial charge in [0.05, 0.1) is 0 Å². The number of carbonyl (C=O) groups excluding carboxylic acids is 2. The number of aliphatic imine (C=N–C) groups is 1. The van der Waals surface area contributed by atoms with E-state index in [4.69, 9.17) is 0 Å². The van der Waals surface area contributed by atoms with Gasteiger partial charge >= 0.3 is 30.5 Å². The third-order valence-electron chi connectivity index (χ3n) is 1.95. The first-order valence-electron chi connectivity index (χ1n) is 5.05. The summed E-state index contributed by atoms with van der Waals surface area (Å²) in [5, 5.41) is 0. The second-order valence-corrected chi connectivity index (χ2v) is 3.71. The van der Waals surface area contributed by atoms with Crippen LogP contribution in [0.1, 0.15) is 0 Å². The van der Waals surface area contributed by atoms with Crippen molar-refractivity contribution < 1.29 is 58.6 Å². The van der Waals surface area contributed by atoms with Crippen LogP contribution in [0.4, 0.5) is 39.5 Å². The molecule has 23 heavy (non-hydrogen) atoms. The number of halogens is 9. The standard InChI is InChI=1S/C9H2F9NO4/c10-7(11,12)3(22-6(21)9(16,17)18)1-2-4(20)23-5(19-2)8(13,14)15/h1,5H/b3-1+/t5-/m0/s1. The summed E-state index contributed by atoms with van der Waals surface area (Å²) >= 11 is 0. The van der Waals surface area contributed by atoms with Crippen molar-refractivity contribution in [2.45, 2.75) is 24.8 Å². The minimum atomic E-state index is -5.81. The van der Waals surface area contributed by atoms with Crippen molar-refractivity contribution in [3.05, 3.63) is 11.8 Å². The van der Waals surface area contributed by atoms with Crippen LogP contribution in [0.2, 0.25) is 0 Å². The normalized spacial score (nSPS) is 20.2. The van der Waals surface area contributed by atoms with Crippen molar-refractivity contribution in [3.8, 4) is 0 Å². The van der Waals surface area contributed by atoms with Crippen LogP contribution in [0.5, 0.6) is 0 Å². The molecule has 0 aliphatic carbocycles. The molecule has 1 atom stereocenters. The predicted molar refractivity (Wildman–Crippen MR) is 49.7 cm³/mol. The molecule has 1 rings (SSSR count). The van der Waals surface area contributed by atoms with Gasteiger partial charge in [-0.1, -0.05) is 0 Å². The largest absolute Gasteiger partial charge is 0.491 e. The molecule has 0 amide bonds. The van der Waals surface area contributed by atoms with Gasteiger partial charge < -0.3 is 9.47 Å². The highest BCUT2D eigenvalue weighted by Crippen LogP contribution is 2.31. The van der Waals surface area contributed by atoms with E-state index >= 15 is 0 Å². The van der Waals surface area contributed by atoms with Crippen molar-refractivity contribution in [2.24, 2.45) is 4.99 Å². The molecule has 0 unspecified atom stereocenters. The summed E-state index contributed by atoms with van der Waals surface area (Å²) in [4.78, 5) is 23.8. The van der Waals surface area contributed by atoms with Crippen LogP contribution in [0.15, 0.2) is 16.8 Å². The molecule has 0 spiro atoms. The first kappa shape index (κ1) is 18.8. The molecule has 0 aromatic rings. The Morgan fingerprint density at radius 3 is 1.91 bits per heavy atom. The molecule has 0 aromatic carbocycles. The number of hydrogen-bond acceptors (Lipinski definition) is 5. The zero-order valence-corrected chi connectivity index (χ0v) is 10.1. The molecule has 0 saturated carbocycles. The zero-order valence-electron chi connectivity index (χ0n) is 10.1. The third kappa shape index (κ3) is 4.85. The topological polar surface area (TPSA) is 65.0 Å². The van der Waals surface area contributed by atoms with Crippen LogP contribution >= 0.6 is 0 Å². The van der Waals surface area contributed by atoms with E-state index in [9.17, 15) is 49.1 Å². The number of alkyl halides is 9. The lowest BCUT2D eigenvalue weighted by Gasteiger charge is -2.12. The Kier molecular flexibility index (Phi) is 4.68. The van der Waals surface area contributed by atoms with Crippen molar-refractivity contribution in [3.63, 3.8) is 0 Å². The van der Waals surface area contributed by atoms with Crippen molar-refractivity contribution in [2.75, 3.05) is 0 Å². The number of ether oxygens (including phenoxy) is 2. The fourth-order valence-electron chi connectivity index (χ4n) is 1.05. The van der Waals surface area contributed by atoms with E-state index in [2.05, 4.69) is 14.5 Å². The molecule has 0 bridgehead atoms. The van der Waals surface area contributed by atoms with Gasteiger partial charge in [-0.3, -0.25) is 0 Å². The van der Waals surface area contributed by atoms with E-state index in [1.807, 2.05) is 0 Å². The van der Waals surface area contributed by atoms with E-state index in [1.165, 1.54) is 0 Å². The summed E-state index contributed by atoms with van der Waals surface area (Å²) < 4.78 is 116. The minimum Gasteiger partial charge on any atom is -0.425 e. The summed E-state index contributed by atoms with van der Waals surface area (Å²) in [6.07, 6.45) is -20.5. The lowest BCUT2D eigenvalue weighted by molar-refractivity contribution is -0.210.